The minimum Gasteiger partial charge on any atom is -0.316 e. The van der Waals surface area contributed by atoms with Crippen molar-refractivity contribution < 1.29 is 0 Å². The van der Waals surface area contributed by atoms with Gasteiger partial charge in [-0.05, 0) is 20.0 Å². The van der Waals surface area contributed by atoms with Gasteiger partial charge in [0.05, 0.1) is 0 Å². The van der Waals surface area contributed by atoms with E-state index in [4.69, 9.17) is 0 Å². The van der Waals surface area contributed by atoms with Crippen molar-refractivity contribution in [1.82, 2.24) is 10.2 Å². The molecule has 2 heterocycles. The molecule has 2 nitrogen and oxygen atoms in total. The Hall–Kier alpha value is -0.0800. The number of likely N-dealkylation sites (tertiary alicyclic amines) is 1. The van der Waals surface area contributed by atoms with Gasteiger partial charge in [0.15, 0.2) is 0 Å². The van der Waals surface area contributed by atoms with E-state index in [0.717, 1.165) is 0 Å². The van der Waals surface area contributed by atoms with Gasteiger partial charge in [-0.25, -0.2) is 0 Å². The fourth-order valence-corrected chi connectivity index (χ4v) is 2.16. The van der Waals surface area contributed by atoms with Gasteiger partial charge in [0.1, 0.15) is 0 Å². The van der Waals surface area contributed by atoms with Crippen molar-refractivity contribution in [2.75, 3.05) is 33.2 Å². The summed E-state index contributed by atoms with van der Waals surface area (Å²) in [6, 6.07) is 0. The molecule has 0 aromatic carbocycles. The Morgan fingerprint density at radius 1 is 1.40 bits per heavy atom. The molecule has 2 heteroatoms. The van der Waals surface area contributed by atoms with Gasteiger partial charge in [-0.3, -0.25) is 0 Å². The summed E-state index contributed by atoms with van der Waals surface area (Å²) in [7, 11) is 2.20. The van der Waals surface area contributed by atoms with Gasteiger partial charge in [-0.1, -0.05) is 7.43 Å². The maximum atomic E-state index is 3.41. The zero-order valence-electron chi connectivity index (χ0n) is 5.98. The number of rotatable bonds is 0. The van der Waals surface area contributed by atoms with Crippen molar-refractivity contribution in [2.45, 2.75) is 13.8 Å². The van der Waals surface area contributed by atoms with Crippen LogP contribution in [0.15, 0.2) is 0 Å². The smallest absolute Gasteiger partial charge is 0.00940 e. The monoisotopic (exact) mass is 142 g/mol. The van der Waals surface area contributed by atoms with Crippen molar-refractivity contribution in [3.63, 3.8) is 0 Å². The second kappa shape index (κ2) is 2.51. The Balaban J connectivity index is 0.000000500. The molecule has 0 radical (unpaired) electrons. The first-order valence-corrected chi connectivity index (χ1v) is 3.70. The Morgan fingerprint density at radius 3 is 2.50 bits per heavy atom. The van der Waals surface area contributed by atoms with Gasteiger partial charge in [0, 0.05) is 25.0 Å². The van der Waals surface area contributed by atoms with Crippen molar-refractivity contribution in [3.05, 3.63) is 0 Å². The van der Waals surface area contributed by atoms with E-state index in [1.54, 1.807) is 0 Å². The Labute approximate surface area is 63.6 Å². The number of nitrogens with zero attached hydrogens (tertiary/aromatic N) is 1. The zero-order chi connectivity index (χ0) is 6.32. The van der Waals surface area contributed by atoms with E-state index < -0.39 is 0 Å². The summed E-state index contributed by atoms with van der Waals surface area (Å²) in [5.74, 6) is 0. The van der Waals surface area contributed by atoms with Gasteiger partial charge in [-0.2, -0.15) is 0 Å². The largest absolute Gasteiger partial charge is 0.316 e. The van der Waals surface area contributed by atoms with E-state index in [-0.39, 0.29) is 7.43 Å². The van der Waals surface area contributed by atoms with E-state index >= 15 is 0 Å². The van der Waals surface area contributed by atoms with Crippen molar-refractivity contribution in [1.29, 1.82) is 0 Å². The van der Waals surface area contributed by atoms with Crippen LogP contribution in [0.4, 0.5) is 0 Å². The van der Waals surface area contributed by atoms with Crippen LogP contribution in [-0.2, 0) is 0 Å². The molecule has 0 saturated carbocycles. The summed E-state index contributed by atoms with van der Waals surface area (Å²) in [4.78, 5) is 2.40. The van der Waals surface area contributed by atoms with E-state index in [1.165, 1.54) is 32.6 Å². The topological polar surface area (TPSA) is 15.3 Å². The van der Waals surface area contributed by atoms with E-state index in [1.807, 2.05) is 0 Å². The fraction of sp³-hybridized carbons (Fsp3) is 1.00. The van der Waals surface area contributed by atoms with Gasteiger partial charge in [0.2, 0.25) is 0 Å². The normalized spacial score (nSPS) is 29.7. The van der Waals surface area contributed by atoms with Crippen molar-refractivity contribution in [3.8, 4) is 0 Å². The average Bonchev–Trinajstić information content (AvgIpc) is 2.12. The average molecular weight is 142 g/mol. The molecular formula is C8H18N2. The Morgan fingerprint density at radius 2 is 2.10 bits per heavy atom. The van der Waals surface area contributed by atoms with Crippen LogP contribution in [0.2, 0.25) is 0 Å². The standard InChI is InChI=1S/C7H14N2.CH4/c1-9-5-7(6-9)2-3-8-4-7;/h8H,2-6H2,1H3;1H4. The summed E-state index contributed by atoms with van der Waals surface area (Å²) in [6.45, 7) is 5.14. The quantitative estimate of drug-likeness (QED) is 0.531. The molecule has 0 aromatic heterocycles. The van der Waals surface area contributed by atoms with Crippen molar-refractivity contribution in [2.24, 2.45) is 5.41 Å². The van der Waals surface area contributed by atoms with Gasteiger partial charge >= 0.3 is 0 Å². The molecule has 60 valence electrons. The van der Waals surface area contributed by atoms with Crippen LogP contribution in [0.1, 0.15) is 13.8 Å². The molecule has 1 spiro atoms. The molecule has 2 fully saturated rings. The number of nitrogens with one attached hydrogen (secondary N) is 1. The highest BCUT2D eigenvalue weighted by Gasteiger charge is 2.42. The van der Waals surface area contributed by atoms with Gasteiger partial charge in [-0.15, -0.1) is 0 Å². The minimum atomic E-state index is 0. The predicted molar refractivity (Wildman–Crippen MR) is 44.1 cm³/mol. The molecule has 0 atom stereocenters. The van der Waals surface area contributed by atoms with Crippen LogP contribution in [0.3, 0.4) is 0 Å². The van der Waals surface area contributed by atoms with Crippen LogP contribution in [0, 0.1) is 5.41 Å². The molecule has 0 aliphatic carbocycles. The molecule has 0 aromatic rings. The van der Waals surface area contributed by atoms with Crippen LogP contribution in [-0.4, -0.2) is 38.1 Å². The highest BCUT2D eigenvalue weighted by Crippen LogP contribution is 2.34. The summed E-state index contributed by atoms with van der Waals surface area (Å²) < 4.78 is 0. The van der Waals surface area contributed by atoms with E-state index in [0.29, 0.717) is 5.41 Å². The lowest BCUT2D eigenvalue weighted by Crippen LogP contribution is -2.55. The summed E-state index contributed by atoms with van der Waals surface area (Å²) in [5.41, 5.74) is 0.703. The zero-order valence-corrected chi connectivity index (χ0v) is 5.98. The van der Waals surface area contributed by atoms with Crippen LogP contribution < -0.4 is 5.32 Å². The maximum absolute atomic E-state index is 3.41. The number of hydrogen-bond acceptors (Lipinski definition) is 2. The summed E-state index contributed by atoms with van der Waals surface area (Å²) in [6.07, 6.45) is 1.40. The Kier molecular flexibility index (Phi) is 2.02. The third-order valence-electron chi connectivity index (χ3n) is 2.54. The molecule has 2 saturated heterocycles. The van der Waals surface area contributed by atoms with Crippen LogP contribution in [0.25, 0.3) is 0 Å². The lowest BCUT2D eigenvalue weighted by molar-refractivity contribution is 0.0409. The molecule has 2 aliphatic heterocycles. The second-order valence-electron chi connectivity index (χ2n) is 3.60. The molecule has 1 N–H and O–H groups in total. The highest BCUT2D eigenvalue weighted by molar-refractivity contribution is 4.98. The van der Waals surface area contributed by atoms with Gasteiger partial charge in [0.25, 0.3) is 0 Å². The molecule has 2 aliphatic rings. The van der Waals surface area contributed by atoms with E-state index in [2.05, 4.69) is 17.3 Å². The maximum Gasteiger partial charge on any atom is 0.00940 e. The lowest BCUT2D eigenvalue weighted by Gasteiger charge is -2.45. The van der Waals surface area contributed by atoms with Crippen LogP contribution >= 0.6 is 0 Å². The summed E-state index contributed by atoms with van der Waals surface area (Å²) >= 11 is 0. The third-order valence-corrected chi connectivity index (χ3v) is 2.54. The van der Waals surface area contributed by atoms with Gasteiger partial charge < -0.3 is 10.2 Å². The van der Waals surface area contributed by atoms with Crippen molar-refractivity contribution >= 4 is 0 Å². The first kappa shape index (κ1) is 8.02. The molecule has 0 bridgehead atoms. The van der Waals surface area contributed by atoms with Crippen LogP contribution in [0.5, 0.6) is 0 Å². The third kappa shape index (κ3) is 1.06. The Bertz CT molecular complexity index is 108. The molecule has 10 heavy (non-hydrogen) atoms. The first-order chi connectivity index (χ1) is 4.31. The predicted octanol–water partition coefficient (Wildman–Crippen LogP) is 0.548. The number of hydrogen-bond donors (Lipinski definition) is 1. The van der Waals surface area contributed by atoms with E-state index in [9.17, 15) is 0 Å². The highest BCUT2D eigenvalue weighted by atomic mass is 15.2. The first-order valence-electron chi connectivity index (χ1n) is 3.70. The second-order valence-corrected chi connectivity index (χ2v) is 3.60. The fourth-order valence-electron chi connectivity index (χ4n) is 2.16. The molecule has 0 amide bonds. The molecule has 0 unspecified atom stereocenters. The minimum absolute atomic E-state index is 0. The lowest BCUT2D eigenvalue weighted by atomic mass is 9.80. The molecule has 2 rings (SSSR count). The SMILES string of the molecule is C.CN1CC2(CCNC2)C1. The molecular weight excluding hydrogens is 124 g/mol. The summed E-state index contributed by atoms with van der Waals surface area (Å²) in [5, 5.41) is 3.41.